The molecule has 1 unspecified atom stereocenters. The van der Waals surface area contributed by atoms with Gasteiger partial charge >= 0.3 is 0 Å². The van der Waals surface area contributed by atoms with Crippen molar-refractivity contribution in [2.45, 2.75) is 38.5 Å². The van der Waals surface area contributed by atoms with Gasteiger partial charge in [0.2, 0.25) is 5.91 Å². The summed E-state index contributed by atoms with van der Waals surface area (Å²) in [6.07, 6.45) is 1.67. The van der Waals surface area contributed by atoms with Crippen LogP contribution in [-0.4, -0.2) is 41.9 Å². The first-order chi connectivity index (χ1) is 16.1. The lowest BCUT2D eigenvalue weighted by Gasteiger charge is -2.35. The summed E-state index contributed by atoms with van der Waals surface area (Å²) < 4.78 is 5.81. The molecule has 1 aliphatic heterocycles. The van der Waals surface area contributed by atoms with E-state index in [1.807, 2.05) is 79.0 Å². The third-order valence-corrected chi connectivity index (χ3v) is 6.78. The average Bonchev–Trinajstić information content (AvgIpc) is 3.40. The molecule has 2 heterocycles. The fourth-order valence-corrected chi connectivity index (χ4v) is 4.51. The van der Waals surface area contributed by atoms with Crippen LogP contribution >= 0.6 is 11.3 Å². The van der Waals surface area contributed by atoms with Crippen molar-refractivity contribution in [3.05, 3.63) is 82.6 Å². The molecule has 1 atom stereocenters. The van der Waals surface area contributed by atoms with E-state index in [4.69, 9.17) is 4.74 Å². The summed E-state index contributed by atoms with van der Waals surface area (Å²) in [7, 11) is 0. The zero-order chi connectivity index (χ0) is 23.0. The van der Waals surface area contributed by atoms with Gasteiger partial charge in [0.15, 0.2) is 0 Å². The van der Waals surface area contributed by atoms with E-state index < -0.39 is 0 Å². The molecule has 33 heavy (non-hydrogen) atoms. The van der Waals surface area contributed by atoms with Crippen molar-refractivity contribution in [3.8, 4) is 5.75 Å². The number of thiophene rings is 1. The first kappa shape index (κ1) is 23.0. The Kier molecular flexibility index (Phi) is 7.75. The Balaban J connectivity index is 1.21. The lowest BCUT2D eigenvalue weighted by molar-refractivity contribution is -0.121. The maximum Gasteiger partial charge on any atom is 0.261 e. The van der Waals surface area contributed by atoms with E-state index >= 15 is 0 Å². The van der Waals surface area contributed by atoms with Gasteiger partial charge in [0.1, 0.15) is 12.4 Å². The van der Waals surface area contributed by atoms with Gasteiger partial charge in [-0.25, -0.2) is 0 Å². The fraction of sp³-hybridized carbons (Fsp3) is 0.308. The molecule has 1 saturated heterocycles. The quantitative estimate of drug-likeness (QED) is 0.514. The number of carbonyl (C=O) groups is 2. The number of amides is 2. The van der Waals surface area contributed by atoms with Gasteiger partial charge in [-0.1, -0.05) is 36.4 Å². The predicted molar refractivity (Wildman–Crippen MR) is 132 cm³/mol. The van der Waals surface area contributed by atoms with Crippen molar-refractivity contribution < 1.29 is 14.3 Å². The molecule has 1 aromatic heterocycles. The van der Waals surface area contributed by atoms with E-state index in [1.165, 1.54) is 11.3 Å². The van der Waals surface area contributed by atoms with Crippen LogP contribution in [0.25, 0.3) is 0 Å². The predicted octanol–water partition coefficient (Wildman–Crippen LogP) is 4.55. The molecule has 0 radical (unpaired) electrons. The number of anilines is 1. The largest absolute Gasteiger partial charge is 0.489 e. The fourth-order valence-electron chi connectivity index (χ4n) is 3.88. The maximum atomic E-state index is 12.8. The van der Waals surface area contributed by atoms with Crippen LogP contribution in [0.5, 0.6) is 5.75 Å². The van der Waals surface area contributed by atoms with Crippen molar-refractivity contribution in [2.24, 2.45) is 0 Å². The number of benzene rings is 2. The standard InChI is InChI=1S/C26H29N3O3S/c1-19(29-15-13-22(14-16-29)28-26(31)24-8-5-17-33-24)25(30)27-21-9-11-23(12-10-21)32-18-20-6-3-2-4-7-20/h2-12,17,19,22H,13-16,18H2,1H3,(H,27,30)(H,28,31). The molecule has 0 saturated carbocycles. The maximum absolute atomic E-state index is 12.8. The Morgan fingerprint density at radius 2 is 1.76 bits per heavy atom. The molecule has 0 aliphatic carbocycles. The lowest BCUT2D eigenvalue weighted by Crippen LogP contribution is -2.50. The van der Waals surface area contributed by atoms with Crippen LogP contribution in [0.15, 0.2) is 72.1 Å². The first-order valence-electron chi connectivity index (χ1n) is 11.2. The van der Waals surface area contributed by atoms with Gasteiger partial charge in [0, 0.05) is 24.8 Å². The van der Waals surface area contributed by atoms with Crippen molar-refractivity contribution in [1.29, 1.82) is 0 Å². The van der Waals surface area contributed by atoms with Crippen LogP contribution in [-0.2, 0) is 11.4 Å². The highest BCUT2D eigenvalue weighted by atomic mass is 32.1. The summed E-state index contributed by atoms with van der Waals surface area (Å²) in [6.45, 7) is 3.98. The summed E-state index contributed by atoms with van der Waals surface area (Å²) in [5, 5.41) is 8.01. The molecule has 172 valence electrons. The average molecular weight is 464 g/mol. The minimum Gasteiger partial charge on any atom is -0.489 e. The summed E-state index contributed by atoms with van der Waals surface area (Å²) >= 11 is 1.45. The lowest BCUT2D eigenvalue weighted by atomic mass is 10.0. The third kappa shape index (κ3) is 6.43. The van der Waals surface area contributed by atoms with Crippen LogP contribution in [0.3, 0.4) is 0 Å². The summed E-state index contributed by atoms with van der Waals surface area (Å²) in [5.74, 6) is 0.719. The molecule has 2 amide bonds. The van der Waals surface area contributed by atoms with Gasteiger partial charge in [-0.15, -0.1) is 11.3 Å². The van der Waals surface area contributed by atoms with Crippen LogP contribution in [0.2, 0.25) is 0 Å². The van der Waals surface area contributed by atoms with E-state index in [0.29, 0.717) is 6.61 Å². The van der Waals surface area contributed by atoms with Crippen LogP contribution in [0.1, 0.15) is 35.0 Å². The number of hydrogen-bond acceptors (Lipinski definition) is 5. The summed E-state index contributed by atoms with van der Waals surface area (Å²) in [4.78, 5) is 27.9. The molecule has 0 spiro atoms. The van der Waals surface area contributed by atoms with Crippen molar-refractivity contribution in [3.63, 3.8) is 0 Å². The van der Waals surface area contributed by atoms with Crippen molar-refractivity contribution >= 4 is 28.8 Å². The number of nitrogens with one attached hydrogen (secondary N) is 2. The van der Waals surface area contributed by atoms with E-state index in [-0.39, 0.29) is 23.9 Å². The highest BCUT2D eigenvalue weighted by molar-refractivity contribution is 7.12. The van der Waals surface area contributed by atoms with E-state index in [0.717, 1.165) is 47.8 Å². The normalized spacial score (nSPS) is 15.5. The molecule has 6 nitrogen and oxygen atoms in total. The number of piperidine rings is 1. The second-order valence-corrected chi connectivity index (χ2v) is 9.17. The Morgan fingerprint density at radius 3 is 2.42 bits per heavy atom. The van der Waals surface area contributed by atoms with Gasteiger partial charge in [-0.3, -0.25) is 14.5 Å². The molecule has 1 fully saturated rings. The van der Waals surface area contributed by atoms with Gasteiger partial charge in [0.05, 0.1) is 10.9 Å². The molecule has 4 rings (SSSR count). The molecule has 2 N–H and O–H groups in total. The van der Waals surface area contributed by atoms with E-state index in [1.54, 1.807) is 0 Å². The van der Waals surface area contributed by atoms with Gasteiger partial charge in [0.25, 0.3) is 5.91 Å². The number of hydrogen-bond donors (Lipinski definition) is 2. The van der Waals surface area contributed by atoms with Crippen molar-refractivity contribution in [2.75, 3.05) is 18.4 Å². The highest BCUT2D eigenvalue weighted by Gasteiger charge is 2.27. The van der Waals surface area contributed by atoms with Crippen LogP contribution < -0.4 is 15.4 Å². The Morgan fingerprint density at radius 1 is 1.03 bits per heavy atom. The minimum absolute atomic E-state index is 0.00886. The van der Waals surface area contributed by atoms with Gasteiger partial charge in [-0.05, 0) is 61.0 Å². The molecule has 3 aromatic rings. The van der Waals surface area contributed by atoms with E-state index in [9.17, 15) is 9.59 Å². The number of nitrogens with zero attached hydrogens (tertiary/aromatic N) is 1. The highest BCUT2D eigenvalue weighted by Crippen LogP contribution is 2.19. The minimum atomic E-state index is -0.243. The number of likely N-dealkylation sites (tertiary alicyclic amines) is 1. The third-order valence-electron chi connectivity index (χ3n) is 5.91. The van der Waals surface area contributed by atoms with Crippen LogP contribution in [0, 0.1) is 0 Å². The monoisotopic (exact) mass is 463 g/mol. The molecule has 0 bridgehead atoms. The van der Waals surface area contributed by atoms with Crippen LogP contribution in [0.4, 0.5) is 5.69 Å². The smallest absolute Gasteiger partial charge is 0.261 e. The molecular weight excluding hydrogens is 434 g/mol. The Hall–Kier alpha value is -3.16. The molecular formula is C26H29N3O3S. The molecule has 7 heteroatoms. The van der Waals surface area contributed by atoms with Crippen molar-refractivity contribution in [1.82, 2.24) is 10.2 Å². The SMILES string of the molecule is CC(C(=O)Nc1ccc(OCc2ccccc2)cc1)N1CCC(NC(=O)c2cccs2)CC1. The van der Waals surface area contributed by atoms with Gasteiger partial charge in [-0.2, -0.15) is 0 Å². The molecule has 2 aromatic carbocycles. The zero-order valence-corrected chi connectivity index (χ0v) is 19.5. The Labute approximate surface area is 198 Å². The summed E-state index contributed by atoms with van der Waals surface area (Å²) in [6, 6.07) is 21.1. The Bertz CT molecular complexity index is 1030. The second kappa shape index (κ2) is 11.1. The zero-order valence-electron chi connectivity index (χ0n) is 18.7. The van der Waals surface area contributed by atoms with Gasteiger partial charge < -0.3 is 15.4 Å². The first-order valence-corrected chi connectivity index (χ1v) is 12.1. The second-order valence-electron chi connectivity index (χ2n) is 8.22. The topological polar surface area (TPSA) is 70.7 Å². The van der Waals surface area contributed by atoms with E-state index in [2.05, 4.69) is 15.5 Å². The molecule has 1 aliphatic rings. The number of rotatable bonds is 8. The number of carbonyl (C=O) groups excluding carboxylic acids is 2. The summed E-state index contributed by atoms with van der Waals surface area (Å²) in [5.41, 5.74) is 1.86. The number of ether oxygens (including phenoxy) is 1.